The van der Waals surface area contributed by atoms with E-state index in [9.17, 15) is 4.79 Å². The third-order valence-electron chi connectivity index (χ3n) is 2.11. The Hall–Kier alpha value is -0.830. The van der Waals surface area contributed by atoms with Gasteiger partial charge in [-0.2, -0.15) is 0 Å². The lowest BCUT2D eigenvalue weighted by Gasteiger charge is -2.06. The Bertz CT molecular complexity index is 347. The number of alkyl halides is 1. The van der Waals surface area contributed by atoms with Gasteiger partial charge in [-0.25, -0.2) is 4.79 Å². The van der Waals surface area contributed by atoms with Crippen LogP contribution in [0.2, 0.25) is 0 Å². The number of carbonyl (C=O) groups excluding carboxylic acids is 1. The summed E-state index contributed by atoms with van der Waals surface area (Å²) in [6.45, 7) is 4.40. The summed E-state index contributed by atoms with van der Waals surface area (Å²) < 4.78 is 5.12. The third-order valence-corrected chi connectivity index (χ3v) is 2.67. The molecule has 0 heterocycles. The van der Waals surface area contributed by atoms with Crippen LogP contribution in [0.1, 0.15) is 27.9 Å². The van der Waals surface area contributed by atoms with Gasteiger partial charge in [0, 0.05) is 5.33 Å². The Morgan fingerprint density at radius 1 is 1.40 bits per heavy atom. The summed E-state index contributed by atoms with van der Waals surface area (Å²) in [4.78, 5) is 11.6. The van der Waals surface area contributed by atoms with Crippen LogP contribution in [0, 0.1) is 13.8 Å². The number of ether oxygens (including phenoxy) is 1. The number of rotatable bonds is 4. The van der Waals surface area contributed by atoms with Crippen LogP contribution in [0.5, 0.6) is 0 Å². The molecule has 15 heavy (non-hydrogen) atoms. The lowest BCUT2D eigenvalue weighted by molar-refractivity contribution is 0.0506. The van der Waals surface area contributed by atoms with Gasteiger partial charge in [0.15, 0.2) is 0 Å². The van der Waals surface area contributed by atoms with Crippen molar-refractivity contribution in [2.75, 3.05) is 11.9 Å². The van der Waals surface area contributed by atoms with E-state index in [4.69, 9.17) is 4.74 Å². The minimum atomic E-state index is -0.228. The van der Waals surface area contributed by atoms with E-state index in [0.717, 1.165) is 22.9 Å². The van der Waals surface area contributed by atoms with Gasteiger partial charge in [-0.3, -0.25) is 0 Å². The molecule has 0 aliphatic rings. The van der Waals surface area contributed by atoms with E-state index >= 15 is 0 Å². The van der Waals surface area contributed by atoms with Crippen LogP contribution in [0.3, 0.4) is 0 Å². The number of esters is 1. The number of halogens is 1. The monoisotopic (exact) mass is 270 g/mol. The first kappa shape index (κ1) is 12.2. The van der Waals surface area contributed by atoms with Crippen LogP contribution >= 0.6 is 15.9 Å². The Morgan fingerprint density at radius 3 is 2.73 bits per heavy atom. The van der Waals surface area contributed by atoms with Crippen molar-refractivity contribution in [2.24, 2.45) is 0 Å². The van der Waals surface area contributed by atoms with Gasteiger partial charge < -0.3 is 4.74 Å². The van der Waals surface area contributed by atoms with Crippen molar-refractivity contribution in [1.82, 2.24) is 0 Å². The number of carbonyl (C=O) groups is 1. The molecule has 3 heteroatoms. The summed E-state index contributed by atoms with van der Waals surface area (Å²) in [7, 11) is 0. The standard InChI is InChI=1S/C12H15BrO2/c1-9-4-5-11(10(2)8-9)12(14)15-7-3-6-13/h4-5,8H,3,6-7H2,1-2H3. The maximum atomic E-state index is 11.6. The zero-order valence-corrected chi connectivity index (χ0v) is 10.6. The molecule has 0 unspecified atom stereocenters. The summed E-state index contributed by atoms with van der Waals surface area (Å²) in [6, 6.07) is 5.73. The molecule has 0 aromatic heterocycles. The largest absolute Gasteiger partial charge is 0.462 e. The van der Waals surface area contributed by atoms with Gasteiger partial charge in [0.1, 0.15) is 0 Å². The van der Waals surface area contributed by atoms with Crippen molar-refractivity contribution in [3.8, 4) is 0 Å². The number of aryl methyl sites for hydroxylation is 2. The molecule has 2 nitrogen and oxygen atoms in total. The minimum Gasteiger partial charge on any atom is -0.462 e. The lowest BCUT2D eigenvalue weighted by Crippen LogP contribution is -2.08. The first-order chi connectivity index (χ1) is 7.15. The SMILES string of the molecule is Cc1ccc(C(=O)OCCCBr)c(C)c1. The molecule has 0 radical (unpaired) electrons. The molecule has 0 aliphatic heterocycles. The molecule has 0 amide bonds. The van der Waals surface area contributed by atoms with Crippen LogP contribution in [0.4, 0.5) is 0 Å². The Labute approximate surface area is 98.8 Å². The van der Waals surface area contributed by atoms with Crippen LogP contribution in [-0.4, -0.2) is 17.9 Å². The summed E-state index contributed by atoms with van der Waals surface area (Å²) in [5.74, 6) is -0.228. The average Bonchev–Trinajstić information content (AvgIpc) is 2.17. The summed E-state index contributed by atoms with van der Waals surface area (Å²) >= 11 is 3.29. The molecular formula is C12H15BrO2. The van der Waals surface area contributed by atoms with Crippen LogP contribution < -0.4 is 0 Å². The zero-order chi connectivity index (χ0) is 11.3. The van der Waals surface area contributed by atoms with E-state index < -0.39 is 0 Å². The molecule has 0 spiro atoms. The second kappa shape index (κ2) is 5.91. The highest BCUT2D eigenvalue weighted by atomic mass is 79.9. The summed E-state index contributed by atoms with van der Waals surface area (Å²) in [5.41, 5.74) is 2.79. The predicted molar refractivity (Wildman–Crippen MR) is 64.6 cm³/mol. The highest BCUT2D eigenvalue weighted by Gasteiger charge is 2.09. The van der Waals surface area contributed by atoms with Crippen molar-refractivity contribution in [3.63, 3.8) is 0 Å². The molecule has 0 fully saturated rings. The molecule has 1 aromatic carbocycles. The van der Waals surface area contributed by atoms with E-state index in [1.165, 1.54) is 0 Å². The third kappa shape index (κ3) is 3.67. The van der Waals surface area contributed by atoms with Crippen LogP contribution in [0.15, 0.2) is 18.2 Å². The molecule has 82 valence electrons. The summed E-state index contributed by atoms with van der Waals surface area (Å²) in [5, 5.41) is 0.854. The smallest absolute Gasteiger partial charge is 0.338 e. The molecule has 0 saturated heterocycles. The van der Waals surface area contributed by atoms with E-state index in [1.54, 1.807) is 0 Å². The van der Waals surface area contributed by atoms with Gasteiger partial charge in [-0.15, -0.1) is 0 Å². The molecule has 0 saturated carbocycles. The number of hydrogen-bond donors (Lipinski definition) is 0. The zero-order valence-electron chi connectivity index (χ0n) is 9.05. The van der Waals surface area contributed by atoms with E-state index in [-0.39, 0.29) is 5.97 Å². The van der Waals surface area contributed by atoms with Gasteiger partial charge >= 0.3 is 5.97 Å². The molecule has 0 bridgehead atoms. The predicted octanol–water partition coefficient (Wildman–Crippen LogP) is 3.25. The van der Waals surface area contributed by atoms with E-state index in [2.05, 4.69) is 15.9 Å². The molecular weight excluding hydrogens is 256 g/mol. The first-order valence-corrected chi connectivity index (χ1v) is 6.07. The topological polar surface area (TPSA) is 26.3 Å². The Morgan fingerprint density at radius 2 is 2.13 bits per heavy atom. The highest BCUT2D eigenvalue weighted by Crippen LogP contribution is 2.11. The van der Waals surface area contributed by atoms with E-state index in [0.29, 0.717) is 12.2 Å². The number of benzene rings is 1. The van der Waals surface area contributed by atoms with Gasteiger partial charge in [0.2, 0.25) is 0 Å². The van der Waals surface area contributed by atoms with Gasteiger partial charge in [0.05, 0.1) is 12.2 Å². The van der Waals surface area contributed by atoms with E-state index in [1.807, 2.05) is 32.0 Å². The average molecular weight is 271 g/mol. The Kier molecular flexibility index (Phi) is 4.82. The van der Waals surface area contributed by atoms with Gasteiger partial charge in [-0.05, 0) is 31.9 Å². The normalized spacial score (nSPS) is 10.1. The molecule has 1 rings (SSSR count). The molecule has 0 atom stereocenters. The second-order valence-corrected chi connectivity index (χ2v) is 4.29. The first-order valence-electron chi connectivity index (χ1n) is 4.95. The van der Waals surface area contributed by atoms with Gasteiger partial charge in [-0.1, -0.05) is 33.6 Å². The van der Waals surface area contributed by atoms with Gasteiger partial charge in [0.25, 0.3) is 0 Å². The quantitative estimate of drug-likeness (QED) is 0.477. The van der Waals surface area contributed by atoms with Crippen molar-refractivity contribution >= 4 is 21.9 Å². The van der Waals surface area contributed by atoms with Crippen molar-refractivity contribution < 1.29 is 9.53 Å². The molecule has 0 N–H and O–H groups in total. The van der Waals surface area contributed by atoms with Crippen LogP contribution in [-0.2, 0) is 4.74 Å². The number of hydrogen-bond acceptors (Lipinski definition) is 2. The van der Waals surface area contributed by atoms with Crippen LogP contribution in [0.25, 0.3) is 0 Å². The van der Waals surface area contributed by atoms with Crippen molar-refractivity contribution in [1.29, 1.82) is 0 Å². The maximum Gasteiger partial charge on any atom is 0.338 e. The fourth-order valence-electron chi connectivity index (χ4n) is 1.34. The minimum absolute atomic E-state index is 0.228. The highest BCUT2D eigenvalue weighted by molar-refractivity contribution is 9.09. The van der Waals surface area contributed by atoms with Crippen molar-refractivity contribution in [2.45, 2.75) is 20.3 Å². The lowest BCUT2D eigenvalue weighted by atomic mass is 10.1. The fraction of sp³-hybridized carbons (Fsp3) is 0.417. The van der Waals surface area contributed by atoms with Crippen molar-refractivity contribution in [3.05, 3.63) is 34.9 Å². The fourth-order valence-corrected chi connectivity index (χ4v) is 1.57. The summed E-state index contributed by atoms with van der Waals surface area (Å²) in [6.07, 6.45) is 0.844. The molecule has 1 aromatic rings. The molecule has 0 aliphatic carbocycles. The maximum absolute atomic E-state index is 11.6. The Balaban J connectivity index is 2.65. The second-order valence-electron chi connectivity index (χ2n) is 3.50.